The molecule has 3 aromatic carbocycles. The first kappa shape index (κ1) is 19.1. The van der Waals surface area contributed by atoms with Crippen LogP contribution in [0.15, 0.2) is 78.2 Å². The highest BCUT2D eigenvalue weighted by atomic mass is 35.5. The number of rotatable bonds is 5. The molecule has 0 fully saturated rings. The largest absolute Gasteiger partial charge is 0.331 e. The first-order valence-electron chi connectivity index (χ1n) is 8.72. The van der Waals surface area contributed by atoms with Crippen molar-refractivity contribution in [3.8, 4) is 11.3 Å². The van der Waals surface area contributed by atoms with Crippen LogP contribution in [0.3, 0.4) is 0 Å². The minimum Gasteiger partial charge on any atom is -0.331 e. The number of anilines is 3. The predicted molar refractivity (Wildman–Crippen MR) is 117 cm³/mol. The first-order valence-corrected chi connectivity index (χ1v) is 9.98. The average Bonchev–Trinajstić information content (AvgIpc) is 3.17. The molecule has 2 N–H and O–H groups in total. The fraction of sp³-hybridized carbons (Fsp3) is 0. The molecule has 4 aromatic rings. The summed E-state index contributed by atoms with van der Waals surface area (Å²) >= 11 is 7.49. The lowest BCUT2D eigenvalue weighted by Gasteiger charge is -2.07. The van der Waals surface area contributed by atoms with Gasteiger partial charge >= 0.3 is 0 Å². The molecule has 4 rings (SSSR count). The third kappa shape index (κ3) is 4.80. The Morgan fingerprint density at radius 1 is 0.966 bits per heavy atom. The van der Waals surface area contributed by atoms with E-state index in [1.54, 1.807) is 6.07 Å². The van der Waals surface area contributed by atoms with Crippen molar-refractivity contribution in [2.24, 2.45) is 0 Å². The van der Waals surface area contributed by atoms with Crippen LogP contribution in [0.25, 0.3) is 11.3 Å². The van der Waals surface area contributed by atoms with Gasteiger partial charge in [-0.2, -0.15) is 0 Å². The fourth-order valence-electron chi connectivity index (χ4n) is 2.71. The number of nitrogens with one attached hydrogen (secondary N) is 2. The van der Waals surface area contributed by atoms with Crippen LogP contribution < -0.4 is 10.6 Å². The number of benzene rings is 3. The van der Waals surface area contributed by atoms with Crippen molar-refractivity contribution in [1.82, 2.24) is 4.98 Å². The molecule has 7 heteroatoms. The summed E-state index contributed by atoms with van der Waals surface area (Å²) in [5.74, 6) is -0.682. The molecule has 29 heavy (non-hydrogen) atoms. The molecule has 0 saturated heterocycles. The predicted octanol–water partition coefficient (Wildman–Crippen LogP) is 6.60. The van der Waals surface area contributed by atoms with Gasteiger partial charge in [0.25, 0.3) is 5.91 Å². The molecule has 0 aliphatic rings. The summed E-state index contributed by atoms with van der Waals surface area (Å²) in [6, 6.07) is 20.2. The van der Waals surface area contributed by atoms with Crippen molar-refractivity contribution in [3.63, 3.8) is 0 Å². The zero-order valence-corrected chi connectivity index (χ0v) is 16.6. The van der Waals surface area contributed by atoms with Gasteiger partial charge in [0.2, 0.25) is 0 Å². The Bertz CT molecular complexity index is 1160. The molecule has 0 spiro atoms. The van der Waals surface area contributed by atoms with E-state index >= 15 is 0 Å². The lowest BCUT2D eigenvalue weighted by atomic mass is 10.1. The van der Waals surface area contributed by atoms with E-state index in [9.17, 15) is 9.18 Å². The minimum atomic E-state index is -0.380. The standard InChI is InChI=1S/C22H15ClFN3OS/c23-16-4-2-6-19(12-16)26-22-27-20(13-29-22)15-3-1-5-18(11-15)25-21(28)14-7-9-17(24)10-8-14/h1-13H,(H,25,28)(H,26,27). The lowest BCUT2D eigenvalue weighted by molar-refractivity contribution is 0.102. The molecule has 0 atom stereocenters. The van der Waals surface area contributed by atoms with Gasteiger partial charge in [0.1, 0.15) is 5.82 Å². The van der Waals surface area contributed by atoms with Gasteiger partial charge in [-0.3, -0.25) is 4.79 Å². The van der Waals surface area contributed by atoms with E-state index in [1.165, 1.54) is 35.6 Å². The number of halogens is 2. The highest BCUT2D eigenvalue weighted by molar-refractivity contribution is 7.14. The van der Waals surface area contributed by atoms with Crippen LogP contribution in [0.5, 0.6) is 0 Å². The molecule has 0 unspecified atom stereocenters. The Hall–Kier alpha value is -3.22. The molecular formula is C22H15ClFN3OS. The van der Waals surface area contributed by atoms with Crippen molar-refractivity contribution in [3.05, 3.63) is 94.6 Å². The van der Waals surface area contributed by atoms with Crippen LogP contribution in [0.2, 0.25) is 5.02 Å². The van der Waals surface area contributed by atoms with Crippen molar-refractivity contribution in [1.29, 1.82) is 0 Å². The average molecular weight is 424 g/mol. The van der Waals surface area contributed by atoms with E-state index in [-0.39, 0.29) is 11.7 Å². The normalized spacial score (nSPS) is 10.6. The first-order chi connectivity index (χ1) is 14.1. The Morgan fingerprint density at radius 3 is 2.52 bits per heavy atom. The van der Waals surface area contributed by atoms with Gasteiger partial charge in [-0.1, -0.05) is 29.8 Å². The second kappa shape index (κ2) is 8.43. The second-order valence-electron chi connectivity index (χ2n) is 6.22. The van der Waals surface area contributed by atoms with Crippen LogP contribution in [0.1, 0.15) is 10.4 Å². The molecule has 0 aliphatic heterocycles. The zero-order chi connectivity index (χ0) is 20.2. The van der Waals surface area contributed by atoms with E-state index < -0.39 is 0 Å². The molecule has 1 aromatic heterocycles. The van der Waals surface area contributed by atoms with Gasteiger partial charge in [0.05, 0.1) is 5.69 Å². The Balaban J connectivity index is 1.49. The molecular weight excluding hydrogens is 409 g/mol. The third-order valence-corrected chi connectivity index (χ3v) is 5.10. The summed E-state index contributed by atoms with van der Waals surface area (Å²) in [6.45, 7) is 0. The molecule has 4 nitrogen and oxygen atoms in total. The van der Waals surface area contributed by atoms with Gasteiger partial charge < -0.3 is 10.6 Å². The summed E-state index contributed by atoms with van der Waals surface area (Å²) in [4.78, 5) is 16.9. The highest BCUT2D eigenvalue weighted by Gasteiger charge is 2.09. The van der Waals surface area contributed by atoms with E-state index in [2.05, 4.69) is 15.6 Å². The fourth-order valence-corrected chi connectivity index (χ4v) is 3.64. The molecule has 0 radical (unpaired) electrons. The van der Waals surface area contributed by atoms with Gasteiger partial charge in [-0.25, -0.2) is 9.37 Å². The quantitative estimate of drug-likeness (QED) is 0.380. The number of thiazole rings is 1. The number of aromatic nitrogens is 1. The maximum Gasteiger partial charge on any atom is 0.255 e. The number of amides is 1. The molecule has 0 saturated carbocycles. The van der Waals surface area contributed by atoms with Crippen LogP contribution >= 0.6 is 22.9 Å². The summed E-state index contributed by atoms with van der Waals surface area (Å²) in [6.07, 6.45) is 0. The third-order valence-electron chi connectivity index (χ3n) is 4.10. The number of nitrogens with zero attached hydrogens (tertiary/aromatic N) is 1. The summed E-state index contributed by atoms with van der Waals surface area (Å²) in [7, 11) is 0. The van der Waals surface area contributed by atoms with Crippen LogP contribution in [-0.4, -0.2) is 10.9 Å². The molecule has 0 aliphatic carbocycles. The van der Waals surface area contributed by atoms with Crippen LogP contribution in [0, 0.1) is 5.82 Å². The Kier molecular flexibility index (Phi) is 5.55. The van der Waals surface area contributed by atoms with Gasteiger partial charge in [0, 0.05) is 32.9 Å². The number of carbonyl (C=O) groups excluding carboxylic acids is 1. The monoisotopic (exact) mass is 423 g/mol. The van der Waals surface area contributed by atoms with Crippen molar-refractivity contribution >= 4 is 45.4 Å². The van der Waals surface area contributed by atoms with Gasteiger partial charge in [-0.15, -0.1) is 11.3 Å². The molecule has 1 amide bonds. The minimum absolute atomic E-state index is 0.302. The lowest BCUT2D eigenvalue weighted by Crippen LogP contribution is -2.11. The smallest absolute Gasteiger partial charge is 0.255 e. The molecule has 144 valence electrons. The van der Waals surface area contributed by atoms with E-state index in [1.807, 2.05) is 47.8 Å². The summed E-state index contributed by atoms with van der Waals surface area (Å²) in [5.41, 5.74) is 3.54. The SMILES string of the molecule is O=C(Nc1cccc(-c2csc(Nc3cccc(Cl)c3)n2)c1)c1ccc(F)cc1. The number of carbonyl (C=O) groups is 1. The Labute approximate surface area is 176 Å². The Morgan fingerprint density at radius 2 is 1.72 bits per heavy atom. The van der Waals surface area contributed by atoms with Crippen molar-refractivity contribution in [2.45, 2.75) is 0 Å². The number of hydrogen-bond donors (Lipinski definition) is 2. The maximum atomic E-state index is 13.0. The molecule has 0 bridgehead atoms. The summed E-state index contributed by atoms with van der Waals surface area (Å²) in [5, 5.41) is 9.38. The van der Waals surface area contributed by atoms with Crippen molar-refractivity contribution in [2.75, 3.05) is 10.6 Å². The van der Waals surface area contributed by atoms with Crippen molar-refractivity contribution < 1.29 is 9.18 Å². The van der Waals surface area contributed by atoms with Crippen LogP contribution in [-0.2, 0) is 0 Å². The van der Waals surface area contributed by atoms with E-state index in [0.29, 0.717) is 16.3 Å². The van der Waals surface area contributed by atoms with E-state index in [0.717, 1.165) is 22.1 Å². The van der Waals surface area contributed by atoms with Gasteiger partial charge in [0.15, 0.2) is 5.13 Å². The summed E-state index contributed by atoms with van der Waals surface area (Å²) < 4.78 is 13.0. The highest BCUT2D eigenvalue weighted by Crippen LogP contribution is 2.29. The second-order valence-corrected chi connectivity index (χ2v) is 7.51. The topological polar surface area (TPSA) is 54.0 Å². The van der Waals surface area contributed by atoms with E-state index in [4.69, 9.17) is 11.6 Å². The zero-order valence-electron chi connectivity index (χ0n) is 15.0. The maximum absolute atomic E-state index is 13.0. The number of hydrogen-bond acceptors (Lipinski definition) is 4. The van der Waals surface area contributed by atoms with Gasteiger partial charge in [-0.05, 0) is 54.6 Å². The van der Waals surface area contributed by atoms with Crippen LogP contribution in [0.4, 0.5) is 20.9 Å². The molecule has 1 heterocycles.